The Hall–Kier alpha value is -0.810. The third-order valence-corrected chi connectivity index (χ3v) is 4.83. The van der Waals surface area contributed by atoms with Crippen molar-refractivity contribution >= 4 is 17.3 Å². The summed E-state index contributed by atoms with van der Waals surface area (Å²) < 4.78 is 0. The topological polar surface area (TPSA) is 21.8 Å². The lowest BCUT2D eigenvalue weighted by molar-refractivity contribution is 0.183. The molecule has 5 heteroatoms. The fourth-order valence-electron chi connectivity index (χ4n) is 3.14. The van der Waals surface area contributed by atoms with Crippen molar-refractivity contribution in [3.8, 4) is 0 Å². The predicted molar refractivity (Wildman–Crippen MR) is 89.4 cm³/mol. The van der Waals surface area contributed by atoms with Gasteiger partial charge in [-0.05, 0) is 12.1 Å². The summed E-state index contributed by atoms with van der Waals surface area (Å²) >= 11 is 6.29. The number of halogens is 1. The smallest absolute Gasteiger partial charge is 0.0639 e. The first-order valence-corrected chi connectivity index (χ1v) is 8.35. The van der Waals surface area contributed by atoms with Crippen LogP contribution in [0, 0.1) is 0 Å². The molecule has 0 radical (unpaired) electrons. The van der Waals surface area contributed by atoms with Crippen molar-refractivity contribution in [2.75, 3.05) is 70.3 Å². The van der Waals surface area contributed by atoms with Crippen LogP contribution < -0.4 is 10.2 Å². The number of piperazine rings is 2. The van der Waals surface area contributed by atoms with E-state index in [2.05, 4.69) is 32.1 Å². The first-order valence-electron chi connectivity index (χ1n) is 7.98. The molecule has 1 aromatic rings. The molecule has 0 bridgehead atoms. The number of hydrogen-bond acceptors (Lipinski definition) is 4. The largest absolute Gasteiger partial charge is 0.368 e. The summed E-state index contributed by atoms with van der Waals surface area (Å²) in [7, 11) is 0. The Labute approximate surface area is 132 Å². The maximum atomic E-state index is 6.29. The van der Waals surface area contributed by atoms with Gasteiger partial charge >= 0.3 is 0 Å². The number of anilines is 1. The Morgan fingerprint density at radius 1 is 0.857 bits per heavy atom. The average molecular weight is 309 g/mol. The Bertz CT molecular complexity index is 440. The van der Waals surface area contributed by atoms with E-state index in [4.69, 9.17) is 11.6 Å². The monoisotopic (exact) mass is 308 g/mol. The number of hydrogen-bond donors (Lipinski definition) is 1. The van der Waals surface area contributed by atoms with Gasteiger partial charge in [-0.15, -0.1) is 0 Å². The van der Waals surface area contributed by atoms with Crippen LogP contribution in [0.25, 0.3) is 0 Å². The fraction of sp³-hybridized carbons (Fsp3) is 0.625. The minimum Gasteiger partial charge on any atom is -0.368 e. The molecule has 2 aliphatic heterocycles. The van der Waals surface area contributed by atoms with Gasteiger partial charge in [0, 0.05) is 65.4 Å². The zero-order valence-corrected chi connectivity index (χ0v) is 13.4. The fourth-order valence-corrected chi connectivity index (χ4v) is 3.39. The summed E-state index contributed by atoms with van der Waals surface area (Å²) in [6, 6.07) is 8.17. The minimum absolute atomic E-state index is 0.867. The van der Waals surface area contributed by atoms with Gasteiger partial charge in [0.1, 0.15) is 0 Å². The highest BCUT2D eigenvalue weighted by molar-refractivity contribution is 6.33. The molecule has 0 aromatic heterocycles. The third kappa shape index (κ3) is 4.10. The molecule has 0 amide bonds. The molecule has 2 heterocycles. The van der Waals surface area contributed by atoms with Crippen molar-refractivity contribution < 1.29 is 0 Å². The van der Waals surface area contributed by atoms with Gasteiger partial charge in [0.2, 0.25) is 0 Å². The van der Waals surface area contributed by atoms with E-state index in [0.29, 0.717) is 0 Å². The predicted octanol–water partition coefficient (Wildman–Crippen LogP) is 1.37. The van der Waals surface area contributed by atoms with Gasteiger partial charge < -0.3 is 10.2 Å². The number of para-hydroxylation sites is 1. The lowest BCUT2D eigenvalue weighted by Gasteiger charge is -2.37. The van der Waals surface area contributed by atoms with E-state index in [0.717, 1.165) is 44.3 Å². The zero-order valence-electron chi connectivity index (χ0n) is 12.6. The molecule has 4 nitrogen and oxygen atoms in total. The third-order valence-electron chi connectivity index (χ3n) is 4.51. The molecule has 0 saturated carbocycles. The standard InChI is InChI=1S/C16H25ClN4/c17-15-3-1-2-4-16(15)21-13-11-20(12-14-21)10-9-19-7-5-18-6-8-19/h1-4,18H,5-14H2. The molecule has 116 valence electrons. The van der Waals surface area contributed by atoms with Gasteiger partial charge in [-0.2, -0.15) is 0 Å². The van der Waals surface area contributed by atoms with Gasteiger partial charge in [0.05, 0.1) is 10.7 Å². The Morgan fingerprint density at radius 3 is 2.14 bits per heavy atom. The van der Waals surface area contributed by atoms with Crippen molar-refractivity contribution in [3.63, 3.8) is 0 Å². The first-order chi connectivity index (χ1) is 10.3. The van der Waals surface area contributed by atoms with Crippen LogP contribution in [-0.2, 0) is 0 Å². The molecular formula is C16H25ClN4. The van der Waals surface area contributed by atoms with Crippen molar-refractivity contribution in [2.45, 2.75) is 0 Å². The van der Waals surface area contributed by atoms with E-state index >= 15 is 0 Å². The van der Waals surface area contributed by atoms with Crippen LogP contribution in [0.3, 0.4) is 0 Å². The molecule has 1 aromatic carbocycles. The summed E-state index contributed by atoms with van der Waals surface area (Å²) in [5.41, 5.74) is 1.18. The summed E-state index contributed by atoms with van der Waals surface area (Å²) in [5, 5.41) is 4.27. The molecule has 0 atom stereocenters. The lowest BCUT2D eigenvalue weighted by Crippen LogP contribution is -2.50. The van der Waals surface area contributed by atoms with Gasteiger partial charge in [0.25, 0.3) is 0 Å². The van der Waals surface area contributed by atoms with E-state index < -0.39 is 0 Å². The Kier molecular flexibility index (Phi) is 5.36. The minimum atomic E-state index is 0.867. The molecular weight excluding hydrogens is 284 g/mol. The zero-order chi connectivity index (χ0) is 14.5. The SMILES string of the molecule is Clc1ccccc1N1CCN(CCN2CCNCC2)CC1. The molecule has 21 heavy (non-hydrogen) atoms. The second-order valence-electron chi connectivity index (χ2n) is 5.87. The average Bonchev–Trinajstić information content (AvgIpc) is 2.55. The van der Waals surface area contributed by atoms with Crippen LogP contribution in [-0.4, -0.2) is 75.2 Å². The van der Waals surface area contributed by atoms with Crippen molar-refractivity contribution in [3.05, 3.63) is 29.3 Å². The van der Waals surface area contributed by atoms with Crippen LogP contribution >= 0.6 is 11.6 Å². The summed E-state index contributed by atoms with van der Waals surface area (Å²) in [4.78, 5) is 7.55. The summed E-state index contributed by atoms with van der Waals surface area (Å²) in [6.07, 6.45) is 0. The molecule has 3 rings (SSSR count). The lowest BCUT2D eigenvalue weighted by atomic mass is 10.2. The highest BCUT2D eigenvalue weighted by Crippen LogP contribution is 2.25. The van der Waals surface area contributed by atoms with Crippen LogP contribution in [0.2, 0.25) is 5.02 Å². The highest BCUT2D eigenvalue weighted by Gasteiger charge is 2.19. The summed E-state index contributed by atoms with van der Waals surface area (Å²) in [5.74, 6) is 0. The molecule has 2 saturated heterocycles. The van der Waals surface area contributed by atoms with E-state index in [9.17, 15) is 0 Å². The number of benzene rings is 1. The van der Waals surface area contributed by atoms with Crippen molar-refractivity contribution in [1.29, 1.82) is 0 Å². The Morgan fingerprint density at radius 2 is 1.48 bits per heavy atom. The maximum absolute atomic E-state index is 6.29. The molecule has 1 N–H and O–H groups in total. The van der Waals surface area contributed by atoms with Crippen LogP contribution in [0.4, 0.5) is 5.69 Å². The second-order valence-corrected chi connectivity index (χ2v) is 6.28. The van der Waals surface area contributed by atoms with E-state index in [1.807, 2.05) is 12.1 Å². The van der Waals surface area contributed by atoms with Crippen molar-refractivity contribution in [1.82, 2.24) is 15.1 Å². The molecule has 2 aliphatic rings. The molecule has 0 aliphatic carbocycles. The van der Waals surface area contributed by atoms with E-state index in [1.54, 1.807) is 0 Å². The van der Waals surface area contributed by atoms with Crippen LogP contribution in [0.15, 0.2) is 24.3 Å². The van der Waals surface area contributed by atoms with Gasteiger partial charge in [0.15, 0.2) is 0 Å². The maximum Gasteiger partial charge on any atom is 0.0639 e. The van der Waals surface area contributed by atoms with Crippen molar-refractivity contribution in [2.24, 2.45) is 0 Å². The van der Waals surface area contributed by atoms with Gasteiger partial charge in [-0.3, -0.25) is 9.80 Å². The second kappa shape index (κ2) is 7.45. The van der Waals surface area contributed by atoms with Gasteiger partial charge in [-0.1, -0.05) is 23.7 Å². The molecule has 2 fully saturated rings. The van der Waals surface area contributed by atoms with Crippen LogP contribution in [0.5, 0.6) is 0 Å². The highest BCUT2D eigenvalue weighted by atomic mass is 35.5. The Balaban J connectivity index is 1.43. The normalized spacial score (nSPS) is 21.7. The molecule has 0 unspecified atom stereocenters. The molecule has 0 spiro atoms. The quantitative estimate of drug-likeness (QED) is 0.907. The van der Waals surface area contributed by atoms with Crippen LogP contribution in [0.1, 0.15) is 0 Å². The number of nitrogens with one attached hydrogen (secondary N) is 1. The van der Waals surface area contributed by atoms with E-state index in [-0.39, 0.29) is 0 Å². The number of nitrogens with zero attached hydrogens (tertiary/aromatic N) is 3. The number of rotatable bonds is 4. The first kappa shape index (κ1) is 15.1. The summed E-state index contributed by atoms with van der Waals surface area (Å²) in [6.45, 7) is 11.5. The van der Waals surface area contributed by atoms with E-state index in [1.165, 1.54) is 31.9 Å². The van der Waals surface area contributed by atoms with Gasteiger partial charge in [-0.25, -0.2) is 0 Å².